The van der Waals surface area contributed by atoms with Crippen LogP contribution in [0.25, 0.3) is 0 Å². The third-order valence-electron chi connectivity index (χ3n) is 5.99. The van der Waals surface area contributed by atoms with Crippen molar-refractivity contribution in [2.45, 2.75) is 32.0 Å². The van der Waals surface area contributed by atoms with Crippen molar-refractivity contribution in [1.82, 2.24) is 15.5 Å². The van der Waals surface area contributed by atoms with Crippen LogP contribution >= 0.6 is 0 Å². The Morgan fingerprint density at radius 3 is 1.84 bits per heavy atom. The normalized spacial score (nSPS) is 18.1. The highest BCUT2D eigenvalue weighted by molar-refractivity contribution is 5.81. The number of urea groups is 1. The summed E-state index contributed by atoms with van der Waals surface area (Å²) in [5.74, 6) is -0.220. The lowest BCUT2D eigenvalue weighted by atomic mass is 9.88. The molecule has 1 aliphatic heterocycles. The SMILES string of the molecule is O=C(NCc1ccccc1)[C@H]1CC[C@@H](c2ccccc2)N(C(=O)NCc2ccccc2)C1. The van der Waals surface area contributed by atoms with Gasteiger partial charge in [-0.1, -0.05) is 91.0 Å². The van der Waals surface area contributed by atoms with Gasteiger partial charge in [0.05, 0.1) is 12.0 Å². The summed E-state index contributed by atoms with van der Waals surface area (Å²) in [4.78, 5) is 27.9. The highest BCUT2D eigenvalue weighted by atomic mass is 16.2. The maximum atomic E-state index is 13.2. The smallest absolute Gasteiger partial charge is 0.318 e. The molecule has 1 aliphatic rings. The summed E-state index contributed by atoms with van der Waals surface area (Å²) in [6.45, 7) is 1.36. The van der Waals surface area contributed by atoms with Crippen LogP contribution in [0.3, 0.4) is 0 Å². The average molecular weight is 428 g/mol. The summed E-state index contributed by atoms with van der Waals surface area (Å²) in [5.41, 5.74) is 3.22. The number of likely N-dealkylation sites (tertiary alicyclic amines) is 1. The fourth-order valence-corrected chi connectivity index (χ4v) is 4.24. The molecule has 5 nitrogen and oxygen atoms in total. The second kappa shape index (κ2) is 10.6. The van der Waals surface area contributed by atoms with Gasteiger partial charge in [0, 0.05) is 19.6 Å². The van der Waals surface area contributed by atoms with Gasteiger partial charge >= 0.3 is 6.03 Å². The number of piperidine rings is 1. The molecule has 3 amide bonds. The van der Waals surface area contributed by atoms with Crippen molar-refractivity contribution in [2.24, 2.45) is 5.92 Å². The van der Waals surface area contributed by atoms with E-state index < -0.39 is 0 Å². The molecule has 5 heteroatoms. The Hall–Kier alpha value is -3.60. The van der Waals surface area contributed by atoms with Crippen molar-refractivity contribution in [2.75, 3.05) is 6.54 Å². The van der Waals surface area contributed by atoms with Crippen LogP contribution in [0.15, 0.2) is 91.0 Å². The van der Waals surface area contributed by atoms with Crippen LogP contribution in [-0.4, -0.2) is 23.4 Å². The van der Waals surface area contributed by atoms with Crippen LogP contribution < -0.4 is 10.6 Å². The van der Waals surface area contributed by atoms with E-state index in [9.17, 15) is 9.59 Å². The summed E-state index contributed by atoms with van der Waals surface area (Å²) >= 11 is 0. The lowest BCUT2D eigenvalue weighted by Gasteiger charge is -2.39. The van der Waals surface area contributed by atoms with E-state index in [-0.39, 0.29) is 23.9 Å². The zero-order valence-corrected chi connectivity index (χ0v) is 18.1. The van der Waals surface area contributed by atoms with Gasteiger partial charge in [-0.3, -0.25) is 4.79 Å². The molecule has 2 N–H and O–H groups in total. The van der Waals surface area contributed by atoms with Gasteiger partial charge in [0.15, 0.2) is 0 Å². The Morgan fingerprint density at radius 1 is 0.719 bits per heavy atom. The monoisotopic (exact) mass is 427 g/mol. The van der Waals surface area contributed by atoms with Crippen LogP contribution in [0, 0.1) is 5.92 Å². The predicted octanol–water partition coefficient (Wildman–Crippen LogP) is 4.67. The molecule has 1 heterocycles. The van der Waals surface area contributed by atoms with Crippen LogP contribution in [0.1, 0.15) is 35.6 Å². The molecule has 0 saturated carbocycles. The van der Waals surface area contributed by atoms with Gasteiger partial charge in [0.1, 0.15) is 0 Å². The van der Waals surface area contributed by atoms with E-state index in [2.05, 4.69) is 22.8 Å². The first kappa shape index (κ1) is 21.6. The first-order valence-corrected chi connectivity index (χ1v) is 11.2. The molecule has 0 aliphatic carbocycles. The molecule has 3 aromatic rings. The van der Waals surface area contributed by atoms with Crippen molar-refractivity contribution in [1.29, 1.82) is 0 Å². The summed E-state index contributed by atoms with van der Waals surface area (Å²) < 4.78 is 0. The molecule has 32 heavy (non-hydrogen) atoms. The standard InChI is InChI=1S/C27H29N3O2/c31-26(28-18-21-10-4-1-5-11-21)24-16-17-25(23-14-8-3-9-15-23)30(20-24)27(32)29-19-22-12-6-2-7-13-22/h1-15,24-25H,16-20H2,(H,28,31)(H,29,32)/t24-,25-/m0/s1. The Kier molecular flexibility index (Phi) is 7.18. The fraction of sp³-hybridized carbons (Fsp3) is 0.259. The number of amides is 3. The van der Waals surface area contributed by atoms with Gasteiger partial charge in [-0.05, 0) is 29.5 Å². The fourth-order valence-electron chi connectivity index (χ4n) is 4.24. The first-order chi connectivity index (χ1) is 15.7. The van der Waals surface area contributed by atoms with E-state index >= 15 is 0 Å². The van der Waals surface area contributed by atoms with E-state index in [1.54, 1.807) is 0 Å². The van der Waals surface area contributed by atoms with Crippen LogP contribution in [0.5, 0.6) is 0 Å². The zero-order chi connectivity index (χ0) is 22.2. The summed E-state index contributed by atoms with van der Waals surface area (Å²) in [6, 6.07) is 29.6. The van der Waals surface area contributed by atoms with Gasteiger partial charge in [-0.2, -0.15) is 0 Å². The molecule has 4 rings (SSSR count). The number of hydrogen-bond acceptors (Lipinski definition) is 2. The third-order valence-corrected chi connectivity index (χ3v) is 5.99. The van der Waals surface area contributed by atoms with Crippen molar-refractivity contribution < 1.29 is 9.59 Å². The largest absolute Gasteiger partial charge is 0.352 e. The second-order valence-corrected chi connectivity index (χ2v) is 8.20. The second-order valence-electron chi connectivity index (χ2n) is 8.20. The number of rotatable bonds is 6. The number of hydrogen-bond donors (Lipinski definition) is 2. The number of nitrogens with zero attached hydrogens (tertiary/aromatic N) is 1. The molecule has 0 bridgehead atoms. The molecule has 1 fully saturated rings. The van der Waals surface area contributed by atoms with E-state index in [0.717, 1.165) is 29.5 Å². The lowest BCUT2D eigenvalue weighted by molar-refractivity contribution is -0.126. The summed E-state index contributed by atoms with van der Waals surface area (Å²) in [5, 5.41) is 6.08. The minimum absolute atomic E-state index is 0.00113. The van der Waals surface area contributed by atoms with Gasteiger partial charge < -0.3 is 15.5 Å². The minimum atomic E-state index is -0.221. The van der Waals surface area contributed by atoms with E-state index in [1.165, 1.54) is 0 Å². The van der Waals surface area contributed by atoms with Gasteiger partial charge in [-0.15, -0.1) is 0 Å². The summed E-state index contributed by atoms with van der Waals surface area (Å²) in [6.07, 6.45) is 1.51. The zero-order valence-electron chi connectivity index (χ0n) is 18.1. The highest BCUT2D eigenvalue weighted by Gasteiger charge is 2.35. The highest BCUT2D eigenvalue weighted by Crippen LogP contribution is 2.33. The van der Waals surface area contributed by atoms with E-state index in [4.69, 9.17) is 0 Å². The Morgan fingerprint density at radius 2 is 1.25 bits per heavy atom. The minimum Gasteiger partial charge on any atom is -0.352 e. The van der Waals surface area contributed by atoms with Crippen LogP contribution in [0.4, 0.5) is 4.79 Å². The molecular weight excluding hydrogens is 398 g/mol. The van der Waals surface area contributed by atoms with E-state index in [1.807, 2.05) is 83.8 Å². The van der Waals surface area contributed by atoms with Crippen molar-refractivity contribution in [3.05, 3.63) is 108 Å². The van der Waals surface area contributed by atoms with Crippen molar-refractivity contribution >= 4 is 11.9 Å². The molecule has 1 saturated heterocycles. The maximum Gasteiger partial charge on any atom is 0.318 e. The molecule has 0 spiro atoms. The molecule has 0 unspecified atom stereocenters. The van der Waals surface area contributed by atoms with Gasteiger partial charge in [0.25, 0.3) is 0 Å². The quantitative estimate of drug-likeness (QED) is 0.601. The summed E-state index contributed by atoms with van der Waals surface area (Å²) in [7, 11) is 0. The number of carbonyl (C=O) groups excluding carboxylic acids is 2. The Bertz CT molecular complexity index is 1010. The molecule has 0 radical (unpaired) electrons. The van der Waals surface area contributed by atoms with Gasteiger partial charge in [0.2, 0.25) is 5.91 Å². The molecule has 2 atom stereocenters. The number of nitrogens with one attached hydrogen (secondary N) is 2. The van der Waals surface area contributed by atoms with Crippen molar-refractivity contribution in [3.8, 4) is 0 Å². The predicted molar refractivity (Wildman–Crippen MR) is 126 cm³/mol. The van der Waals surface area contributed by atoms with Gasteiger partial charge in [-0.25, -0.2) is 4.79 Å². The number of carbonyl (C=O) groups is 2. The molecular formula is C27H29N3O2. The first-order valence-electron chi connectivity index (χ1n) is 11.2. The van der Waals surface area contributed by atoms with Crippen molar-refractivity contribution in [3.63, 3.8) is 0 Å². The Labute approximate surface area is 189 Å². The molecule has 3 aromatic carbocycles. The Balaban J connectivity index is 1.43. The lowest BCUT2D eigenvalue weighted by Crippen LogP contribution is -2.50. The average Bonchev–Trinajstić information content (AvgIpc) is 2.87. The topological polar surface area (TPSA) is 61.4 Å². The molecule has 164 valence electrons. The third kappa shape index (κ3) is 5.55. The van der Waals surface area contributed by atoms with E-state index in [0.29, 0.717) is 19.6 Å². The van der Waals surface area contributed by atoms with Crippen LogP contribution in [0.2, 0.25) is 0 Å². The maximum absolute atomic E-state index is 13.2. The molecule has 0 aromatic heterocycles. The van der Waals surface area contributed by atoms with Crippen LogP contribution in [-0.2, 0) is 17.9 Å². The number of benzene rings is 3.